The summed E-state index contributed by atoms with van der Waals surface area (Å²) in [6.07, 6.45) is -6.39. The van der Waals surface area contributed by atoms with E-state index in [1.165, 1.54) is 0 Å². The van der Waals surface area contributed by atoms with Crippen molar-refractivity contribution in [2.24, 2.45) is 0 Å². The van der Waals surface area contributed by atoms with E-state index in [1.807, 2.05) is 0 Å². The van der Waals surface area contributed by atoms with Crippen molar-refractivity contribution >= 4 is 12.4 Å². The van der Waals surface area contributed by atoms with E-state index in [-0.39, 0.29) is 12.4 Å². The van der Waals surface area contributed by atoms with Crippen LogP contribution in [0.5, 0.6) is 0 Å². The molecule has 4 atom stereocenters. The van der Waals surface area contributed by atoms with E-state index in [9.17, 15) is 0 Å². The van der Waals surface area contributed by atoms with Gasteiger partial charge in [-0.05, 0) is 0 Å². The standard InChI is InChI=1S/C6H14O6.ClH/c7-1-3(9)5(11)6(12)4(10)2-8;/h3-12H,1-2H2;1H/t3-,4+,5+,6-;. The average molecular weight is 219 g/mol. The highest BCUT2D eigenvalue weighted by molar-refractivity contribution is 5.85. The first kappa shape index (κ1) is 15.5. The van der Waals surface area contributed by atoms with Crippen LogP contribution < -0.4 is 0 Å². The van der Waals surface area contributed by atoms with Crippen LogP contribution in [0.4, 0.5) is 0 Å². The predicted molar refractivity (Wildman–Crippen MR) is 45.4 cm³/mol. The highest BCUT2D eigenvalue weighted by Crippen LogP contribution is 2.03. The van der Waals surface area contributed by atoms with Crippen LogP contribution in [0.15, 0.2) is 0 Å². The Balaban J connectivity index is 0. The van der Waals surface area contributed by atoms with Crippen LogP contribution in [0.2, 0.25) is 0 Å². The minimum Gasteiger partial charge on any atom is -0.394 e. The second-order valence-electron chi connectivity index (χ2n) is 2.48. The van der Waals surface area contributed by atoms with E-state index in [0.29, 0.717) is 0 Å². The number of hydrogen-bond donors (Lipinski definition) is 6. The molecule has 0 aliphatic rings. The Morgan fingerprint density at radius 2 is 0.923 bits per heavy atom. The van der Waals surface area contributed by atoms with E-state index >= 15 is 0 Å². The van der Waals surface area contributed by atoms with Crippen molar-refractivity contribution < 1.29 is 30.6 Å². The third-order valence-electron chi connectivity index (χ3n) is 1.51. The summed E-state index contributed by atoms with van der Waals surface area (Å²) in [7, 11) is 0. The Kier molecular flexibility index (Phi) is 8.90. The maximum Gasteiger partial charge on any atom is 0.111 e. The van der Waals surface area contributed by atoms with Gasteiger partial charge in [0.25, 0.3) is 0 Å². The van der Waals surface area contributed by atoms with E-state index in [2.05, 4.69) is 0 Å². The van der Waals surface area contributed by atoms with Crippen molar-refractivity contribution in [3.63, 3.8) is 0 Å². The molecule has 0 aromatic heterocycles. The molecule has 0 saturated carbocycles. The average Bonchev–Trinajstić information content (AvgIpc) is 2.12. The molecule has 0 aliphatic carbocycles. The van der Waals surface area contributed by atoms with Crippen molar-refractivity contribution in [3.05, 3.63) is 0 Å². The van der Waals surface area contributed by atoms with Gasteiger partial charge in [-0.25, -0.2) is 0 Å². The van der Waals surface area contributed by atoms with E-state index in [0.717, 1.165) is 0 Å². The zero-order valence-corrected chi connectivity index (χ0v) is 7.63. The molecular weight excluding hydrogens is 204 g/mol. The van der Waals surface area contributed by atoms with Crippen molar-refractivity contribution in [2.75, 3.05) is 13.2 Å². The summed E-state index contributed by atoms with van der Waals surface area (Å²) in [5, 5.41) is 52.2. The molecule has 0 fully saturated rings. The van der Waals surface area contributed by atoms with Gasteiger partial charge < -0.3 is 30.6 Å². The zero-order chi connectivity index (χ0) is 9.72. The molecule has 0 spiro atoms. The molecule has 0 heterocycles. The molecule has 0 aromatic rings. The summed E-state index contributed by atoms with van der Waals surface area (Å²) in [4.78, 5) is 0. The summed E-state index contributed by atoms with van der Waals surface area (Å²) in [6.45, 7) is -1.45. The lowest BCUT2D eigenvalue weighted by atomic mass is 10.0. The zero-order valence-electron chi connectivity index (χ0n) is 6.82. The Labute approximate surface area is 81.5 Å². The Morgan fingerprint density at radius 3 is 1.08 bits per heavy atom. The number of hydrogen-bond acceptors (Lipinski definition) is 6. The molecule has 6 nitrogen and oxygen atoms in total. The molecule has 0 rings (SSSR count). The molecule has 0 unspecified atom stereocenters. The number of rotatable bonds is 5. The van der Waals surface area contributed by atoms with E-state index in [4.69, 9.17) is 30.6 Å². The van der Waals surface area contributed by atoms with Crippen LogP contribution in [0.25, 0.3) is 0 Å². The molecule has 13 heavy (non-hydrogen) atoms. The SMILES string of the molecule is Cl.OC[C@@H](O)[C@H](O)[C@H](O)[C@@H](O)CO. The molecule has 0 aromatic carbocycles. The van der Waals surface area contributed by atoms with Gasteiger partial charge >= 0.3 is 0 Å². The maximum absolute atomic E-state index is 8.96. The summed E-state index contributed by atoms with van der Waals surface area (Å²) in [6, 6.07) is 0. The van der Waals surface area contributed by atoms with E-state index in [1.54, 1.807) is 0 Å². The lowest BCUT2D eigenvalue weighted by Crippen LogP contribution is -2.46. The largest absolute Gasteiger partial charge is 0.394 e. The van der Waals surface area contributed by atoms with Gasteiger partial charge in [0.1, 0.15) is 24.4 Å². The number of halogens is 1. The first-order chi connectivity index (χ1) is 5.54. The normalized spacial score (nSPS) is 19.8. The summed E-state index contributed by atoms with van der Waals surface area (Å²) >= 11 is 0. The maximum atomic E-state index is 8.96. The minimum absolute atomic E-state index is 0. The van der Waals surface area contributed by atoms with Crippen molar-refractivity contribution in [1.82, 2.24) is 0 Å². The fourth-order valence-electron chi connectivity index (χ4n) is 0.671. The monoisotopic (exact) mass is 218 g/mol. The number of aliphatic hydroxyl groups is 6. The van der Waals surface area contributed by atoms with Crippen LogP contribution >= 0.6 is 12.4 Å². The van der Waals surface area contributed by atoms with Crippen LogP contribution in [0, 0.1) is 0 Å². The molecule has 7 heteroatoms. The van der Waals surface area contributed by atoms with Gasteiger partial charge in [-0.3, -0.25) is 0 Å². The van der Waals surface area contributed by atoms with Gasteiger partial charge in [-0.2, -0.15) is 0 Å². The highest BCUT2D eigenvalue weighted by Gasteiger charge is 2.29. The van der Waals surface area contributed by atoms with Gasteiger partial charge in [0.15, 0.2) is 0 Å². The molecule has 6 N–H and O–H groups in total. The smallest absolute Gasteiger partial charge is 0.111 e. The van der Waals surface area contributed by atoms with E-state index < -0.39 is 37.6 Å². The third kappa shape index (κ3) is 4.72. The summed E-state index contributed by atoms with van der Waals surface area (Å²) < 4.78 is 0. The van der Waals surface area contributed by atoms with Crippen LogP contribution in [-0.2, 0) is 0 Å². The molecule has 0 aliphatic heterocycles. The fraction of sp³-hybridized carbons (Fsp3) is 1.00. The predicted octanol–water partition coefficient (Wildman–Crippen LogP) is -3.16. The van der Waals surface area contributed by atoms with Crippen LogP contribution in [0.1, 0.15) is 0 Å². The lowest BCUT2D eigenvalue weighted by molar-refractivity contribution is -0.123. The Bertz CT molecular complexity index is 110. The second kappa shape index (κ2) is 7.45. The van der Waals surface area contributed by atoms with Crippen LogP contribution in [0.3, 0.4) is 0 Å². The molecule has 0 radical (unpaired) electrons. The van der Waals surface area contributed by atoms with Crippen LogP contribution in [-0.4, -0.2) is 68.3 Å². The molecule has 0 bridgehead atoms. The van der Waals surface area contributed by atoms with Gasteiger partial charge in [-0.1, -0.05) is 0 Å². The molecule has 0 saturated heterocycles. The first-order valence-corrected chi connectivity index (χ1v) is 3.48. The second-order valence-corrected chi connectivity index (χ2v) is 2.48. The Hall–Kier alpha value is 0.0500. The summed E-state index contributed by atoms with van der Waals surface area (Å²) in [5.74, 6) is 0. The van der Waals surface area contributed by atoms with Crippen molar-refractivity contribution in [3.8, 4) is 0 Å². The summed E-state index contributed by atoms with van der Waals surface area (Å²) in [5.41, 5.74) is 0. The third-order valence-corrected chi connectivity index (χ3v) is 1.51. The molecular formula is C6H15ClO6. The van der Waals surface area contributed by atoms with Gasteiger partial charge in [0.2, 0.25) is 0 Å². The number of aliphatic hydroxyl groups excluding tert-OH is 6. The Morgan fingerprint density at radius 1 is 0.692 bits per heavy atom. The van der Waals surface area contributed by atoms with Crippen molar-refractivity contribution in [2.45, 2.75) is 24.4 Å². The topological polar surface area (TPSA) is 121 Å². The molecule has 82 valence electrons. The quantitative estimate of drug-likeness (QED) is 0.290. The van der Waals surface area contributed by atoms with Gasteiger partial charge in [0.05, 0.1) is 13.2 Å². The van der Waals surface area contributed by atoms with Gasteiger partial charge in [-0.15, -0.1) is 12.4 Å². The molecule has 0 amide bonds. The highest BCUT2D eigenvalue weighted by atomic mass is 35.5. The first-order valence-electron chi connectivity index (χ1n) is 3.48. The van der Waals surface area contributed by atoms with Gasteiger partial charge in [0, 0.05) is 0 Å². The lowest BCUT2D eigenvalue weighted by Gasteiger charge is -2.24. The minimum atomic E-state index is -1.67. The fourth-order valence-corrected chi connectivity index (χ4v) is 0.671. The van der Waals surface area contributed by atoms with Crippen molar-refractivity contribution in [1.29, 1.82) is 0 Å².